The lowest BCUT2D eigenvalue weighted by atomic mass is 10.0. The number of hydrogen-bond donors (Lipinski definition) is 2. The largest absolute Gasteiger partial charge is 0.354 e. The molecule has 0 saturated heterocycles. The number of nitrogens with zero attached hydrogens (tertiary/aromatic N) is 3. The van der Waals surface area contributed by atoms with Gasteiger partial charge in [0.2, 0.25) is 0 Å². The van der Waals surface area contributed by atoms with Crippen LogP contribution in [0.25, 0.3) is 0 Å². The summed E-state index contributed by atoms with van der Waals surface area (Å²) in [6.45, 7) is 9.71. The molecule has 0 aliphatic heterocycles. The van der Waals surface area contributed by atoms with Crippen LogP contribution in [0.5, 0.6) is 0 Å². The molecule has 1 aromatic carbocycles. The van der Waals surface area contributed by atoms with Crippen LogP contribution in [-0.4, -0.2) is 42.5 Å². The van der Waals surface area contributed by atoms with E-state index in [2.05, 4.69) is 52.3 Å². The van der Waals surface area contributed by atoms with Gasteiger partial charge in [-0.1, -0.05) is 43.6 Å². The van der Waals surface area contributed by atoms with Gasteiger partial charge in [-0.3, -0.25) is 9.89 Å². The van der Waals surface area contributed by atoms with Crippen molar-refractivity contribution >= 4 is 28.9 Å². The number of nitrogens with one attached hydrogen (secondary N) is 2. The summed E-state index contributed by atoms with van der Waals surface area (Å²) in [6.07, 6.45) is 1.89. The number of aliphatic imine (C=N–C) groups is 1. The Balaban J connectivity index is 2.03. The molecule has 7 heteroatoms. The third-order valence-corrected chi connectivity index (χ3v) is 5.54. The number of benzene rings is 1. The SMILES string of the molecule is CCN(CC)C(CNC(=NC)NCc1ncc(C)s1)c1ccccc1Cl. The van der Waals surface area contributed by atoms with Crippen LogP contribution in [0.15, 0.2) is 35.5 Å². The summed E-state index contributed by atoms with van der Waals surface area (Å²) in [5, 5.41) is 8.62. The van der Waals surface area contributed by atoms with Gasteiger partial charge in [-0.15, -0.1) is 11.3 Å². The molecule has 2 aromatic rings. The van der Waals surface area contributed by atoms with E-state index in [1.54, 1.807) is 18.4 Å². The van der Waals surface area contributed by atoms with Crippen molar-refractivity contribution in [3.05, 3.63) is 50.9 Å². The quantitative estimate of drug-likeness (QED) is 0.528. The van der Waals surface area contributed by atoms with Crippen molar-refractivity contribution in [2.75, 3.05) is 26.7 Å². The Morgan fingerprint density at radius 1 is 1.27 bits per heavy atom. The molecule has 1 atom stereocenters. The van der Waals surface area contributed by atoms with Crippen LogP contribution in [0, 0.1) is 6.92 Å². The Morgan fingerprint density at radius 3 is 2.58 bits per heavy atom. The fraction of sp³-hybridized carbons (Fsp3) is 0.474. The van der Waals surface area contributed by atoms with Crippen LogP contribution in [0.1, 0.15) is 35.3 Å². The number of aryl methyl sites for hydroxylation is 1. The summed E-state index contributed by atoms with van der Waals surface area (Å²) in [4.78, 5) is 12.3. The number of halogens is 1. The molecular weight excluding hydrogens is 366 g/mol. The minimum absolute atomic E-state index is 0.180. The molecule has 142 valence electrons. The Bertz CT molecular complexity index is 711. The van der Waals surface area contributed by atoms with Gasteiger partial charge in [0.05, 0.1) is 12.6 Å². The van der Waals surface area contributed by atoms with Crippen molar-refractivity contribution in [1.29, 1.82) is 0 Å². The Hall–Kier alpha value is -1.63. The maximum absolute atomic E-state index is 6.46. The van der Waals surface area contributed by atoms with Crippen molar-refractivity contribution in [2.24, 2.45) is 4.99 Å². The van der Waals surface area contributed by atoms with Gasteiger partial charge in [-0.05, 0) is 31.6 Å². The summed E-state index contributed by atoms with van der Waals surface area (Å²) in [5.41, 5.74) is 1.14. The molecule has 0 saturated carbocycles. The second kappa shape index (κ2) is 10.5. The van der Waals surface area contributed by atoms with Crippen molar-refractivity contribution in [2.45, 2.75) is 33.4 Å². The van der Waals surface area contributed by atoms with E-state index in [0.29, 0.717) is 6.54 Å². The Morgan fingerprint density at radius 2 is 2.00 bits per heavy atom. The number of rotatable bonds is 8. The van der Waals surface area contributed by atoms with E-state index in [0.717, 1.165) is 41.2 Å². The Labute approximate surface area is 165 Å². The summed E-state index contributed by atoms with van der Waals surface area (Å²) in [5.74, 6) is 0.766. The van der Waals surface area contributed by atoms with E-state index in [4.69, 9.17) is 11.6 Å². The minimum atomic E-state index is 0.180. The highest BCUT2D eigenvalue weighted by molar-refractivity contribution is 7.11. The zero-order valence-electron chi connectivity index (χ0n) is 15.9. The van der Waals surface area contributed by atoms with E-state index in [1.807, 2.05) is 24.4 Å². The van der Waals surface area contributed by atoms with E-state index in [-0.39, 0.29) is 6.04 Å². The molecule has 0 amide bonds. The third kappa shape index (κ3) is 5.69. The maximum Gasteiger partial charge on any atom is 0.191 e. The molecule has 0 aliphatic carbocycles. The molecular formula is C19H28ClN5S. The molecule has 1 unspecified atom stereocenters. The van der Waals surface area contributed by atoms with Gasteiger partial charge in [-0.25, -0.2) is 4.98 Å². The molecule has 26 heavy (non-hydrogen) atoms. The van der Waals surface area contributed by atoms with Crippen LogP contribution < -0.4 is 10.6 Å². The van der Waals surface area contributed by atoms with E-state index in [9.17, 15) is 0 Å². The highest BCUT2D eigenvalue weighted by Gasteiger charge is 2.20. The van der Waals surface area contributed by atoms with Crippen molar-refractivity contribution in [3.63, 3.8) is 0 Å². The fourth-order valence-electron chi connectivity index (χ4n) is 2.90. The highest BCUT2D eigenvalue weighted by atomic mass is 35.5. The van der Waals surface area contributed by atoms with Crippen LogP contribution in [0.3, 0.4) is 0 Å². The fourth-order valence-corrected chi connectivity index (χ4v) is 3.89. The number of thiazole rings is 1. The first-order valence-corrected chi connectivity index (χ1v) is 10.1. The molecule has 0 radical (unpaired) electrons. The Kier molecular flexibility index (Phi) is 8.35. The summed E-state index contributed by atoms with van der Waals surface area (Å²) in [7, 11) is 1.78. The summed E-state index contributed by atoms with van der Waals surface area (Å²) in [6, 6.07) is 8.23. The van der Waals surface area contributed by atoms with Crippen molar-refractivity contribution < 1.29 is 0 Å². The third-order valence-electron chi connectivity index (χ3n) is 4.28. The van der Waals surface area contributed by atoms with E-state index in [1.165, 1.54) is 4.88 Å². The van der Waals surface area contributed by atoms with Crippen molar-refractivity contribution in [1.82, 2.24) is 20.5 Å². The first-order valence-electron chi connectivity index (χ1n) is 8.93. The topological polar surface area (TPSA) is 52.5 Å². The molecule has 0 spiro atoms. The lowest BCUT2D eigenvalue weighted by Gasteiger charge is -2.31. The van der Waals surface area contributed by atoms with Crippen molar-refractivity contribution in [3.8, 4) is 0 Å². The van der Waals surface area contributed by atoms with Crippen LogP contribution in [-0.2, 0) is 6.54 Å². The zero-order chi connectivity index (χ0) is 18.9. The average molecular weight is 394 g/mol. The average Bonchev–Trinajstić information content (AvgIpc) is 3.07. The molecule has 1 heterocycles. The molecule has 1 aromatic heterocycles. The minimum Gasteiger partial charge on any atom is -0.354 e. The predicted molar refractivity (Wildman–Crippen MR) is 112 cm³/mol. The molecule has 2 N–H and O–H groups in total. The van der Waals surface area contributed by atoms with Gasteiger partial charge in [-0.2, -0.15) is 0 Å². The van der Waals surface area contributed by atoms with Crippen LogP contribution >= 0.6 is 22.9 Å². The van der Waals surface area contributed by atoms with Gasteiger partial charge in [0.1, 0.15) is 5.01 Å². The number of aromatic nitrogens is 1. The molecule has 5 nitrogen and oxygen atoms in total. The van der Waals surface area contributed by atoms with Gasteiger partial charge >= 0.3 is 0 Å². The molecule has 0 fully saturated rings. The summed E-state index contributed by atoms with van der Waals surface area (Å²) >= 11 is 8.16. The zero-order valence-corrected chi connectivity index (χ0v) is 17.5. The number of hydrogen-bond acceptors (Lipinski definition) is 4. The monoisotopic (exact) mass is 393 g/mol. The highest BCUT2D eigenvalue weighted by Crippen LogP contribution is 2.26. The first kappa shape index (κ1) is 20.7. The summed E-state index contributed by atoms with van der Waals surface area (Å²) < 4.78 is 0. The second-order valence-corrected chi connectivity index (χ2v) is 7.66. The van der Waals surface area contributed by atoms with Gasteiger partial charge in [0.15, 0.2) is 5.96 Å². The standard InChI is InChI=1S/C19H28ClN5S/c1-5-25(6-2)17(15-9-7-8-10-16(15)20)12-23-19(21-4)24-13-18-22-11-14(3)26-18/h7-11,17H,5-6,12-13H2,1-4H3,(H2,21,23,24). The maximum atomic E-state index is 6.46. The van der Waals surface area contributed by atoms with E-state index < -0.39 is 0 Å². The van der Waals surface area contributed by atoms with Gasteiger partial charge in [0, 0.05) is 29.7 Å². The molecule has 0 aliphatic rings. The van der Waals surface area contributed by atoms with Crippen LogP contribution in [0.4, 0.5) is 0 Å². The predicted octanol–water partition coefficient (Wildman–Crippen LogP) is 3.85. The lowest BCUT2D eigenvalue weighted by molar-refractivity contribution is 0.219. The van der Waals surface area contributed by atoms with Gasteiger partial charge in [0.25, 0.3) is 0 Å². The normalized spacial score (nSPS) is 13.1. The second-order valence-electron chi connectivity index (χ2n) is 5.93. The first-order chi connectivity index (χ1) is 12.6. The van der Waals surface area contributed by atoms with E-state index >= 15 is 0 Å². The van der Waals surface area contributed by atoms with Crippen LogP contribution in [0.2, 0.25) is 5.02 Å². The molecule has 2 rings (SSSR count). The molecule has 0 bridgehead atoms. The number of guanidine groups is 1. The lowest BCUT2D eigenvalue weighted by Crippen LogP contribution is -2.43. The number of likely N-dealkylation sites (N-methyl/N-ethyl adjacent to an activating group) is 1. The van der Waals surface area contributed by atoms with Gasteiger partial charge < -0.3 is 10.6 Å². The smallest absolute Gasteiger partial charge is 0.191 e.